The van der Waals surface area contributed by atoms with E-state index in [1.54, 1.807) is 24.3 Å². The van der Waals surface area contributed by atoms with Gasteiger partial charge in [0.2, 0.25) is 5.91 Å². The average Bonchev–Trinajstić information content (AvgIpc) is 2.39. The van der Waals surface area contributed by atoms with Crippen molar-refractivity contribution in [3.05, 3.63) is 40.9 Å². The number of halogens is 1. The summed E-state index contributed by atoms with van der Waals surface area (Å²) in [6.45, 7) is 0.283. The third-order valence-electron chi connectivity index (χ3n) is 2.90. The van der Waals surface area contributed by atoms with Gasteiger partial charge in [-0.2, -0.15) is 5.26 Å². The van der Waals surface area contributed by atoms with E-state index in [0.29, 0.717) is 10.8 Å². The van der Waals surface area contributed by atoms with Crippen LogP contribution < -0.4 is 5.73 Å². The lowest BCUT2D eigenvalue weighted by Gasteiger charge is -2.26. The lowest BCUT2D eigenvalue weighted by atomic mass is 9.83. The van der Waals surface area contributed by atoms with Gasteiger partial charge in [0.25, 0.3) is 0 Å². The second kappa shape index (κ2) is 4.71. The van der Waals surface area contributed by atoms with Crippen LogP contribution in [0.2, 0.25) is 5.02 Å². The highest BCUT2D eigenvalue weighted by atomic mass is 35.5. The van der Waals surface area contributed by atoms with Gasteiger partial charge in [0, 0.05) is 17.0 Å². The van der Waals surface area contributed by atoms with Crippen molar-refractivity contribution in [1.29, 1.82) is 5.26 Å². The first-order chi connectivity index (χ1) is 8.57. The normalized spacial score (nSPS) is 22.6. The molecule has 1 aliphatic rings. The number of primary amides is 1. The second-order valence-electron chi connectivity index (χ2n) is 4.06. The zero-order valence-corrected chi connectivity index (χ0v) is 10.3. The summed E-state index contributed by atoms with van der Waals surface area (Å²) < 4.78 is 5.47. The fourth-order valence-electron chi connectivity index (χ4n) is 1.78. The monoisotopic (exact) mass is 262 g/mol. The topological polar surface area (TPSA) is 76.1 Å². The minimum absolute atomic E-state index is 0.274. The molecule has 0 radical (unpaired) electrons. The molecule has 1 atom stereocenters. The van der Waals surface area contributed by atoms with Crippen LogP contribution in [-0.4, -0.2) is 12.5 Å². The molecule has 1 aromatic carbocycles. The first-order valence-corrected chi connectivity index (χ1v) is 5.78. The van der Waals surface area contributed by atoms with Crippen molar-refractivity contribution in [2.45, 2.75) is 6.42 Å². The Morgan fingerprint density at radius 1 is 1.44 bits per heavy atom. The highest BCUT2D eigenvalue weighted by Gasteiger charge is 2.38. The SMILES string of the molecule is N#CC1(C(N)=O)C=C(c2ccc(Cl)cc2)OCC1. The molecule has 0 aromatic heterocycles. The summed E-state index contributed by atoms with van der Waals surface area (Å²) in [6.07, 6.45) is 1.76. The summed E-state index contributed by atoms with van der Waals surface area (Å²) in [4.78, 5) is 11.4. The van der Waals surface area contributed by atoms with Crippen molar-refractivity contribution in [1.82, 2.24) is 0 Å². The van der Waals surface area contributed by atoms with Crippen LogP contribution in [0.5, 0.6) is 0 Å². The zero-order chi connectivity index (χ0) is 13.2. The van der Waals surface area contributed by atoms with Crippen molar-refractivity contribution in [2.24, 2.45) is 11.1 Å². The van der Waals surface area contributed by atoms with Crippen molar-refractivity contribution in [2.75, 3.05) is 6.61 Å². The third kappa shape index (κ3) is 2.18. The van der Waals surface area contributed by atoms with Gasteiger partial charge >= 0.3 is 0 Å². The van der Waals surface area contributed by atoms with Crippen molar-refractivity contribution in [3.63, 3.8) is 0 Å². The highest BCUT2D eigenvalue weighted by molar-refractivity contribution is 6.30. The number of ether oxygens (including phenoxy) is 1. The molecule has 18 heavy (non-hydrogen) atoms. The largest absolute Gasteiger partial charge is 0.493 e. The molecule has 0 spiro atoms. The van der Waals surface area contributed by atoms with E-state index in [1.165, 1.54) is 6.08 Å². The molecule has 0 bridgehead atoms. The summed E-state index contributed by atoms with van der Waals surface area (Å²) in [6, 6.07) is 8.94. The zero-order valence-electron chi connectivity index (χ0n) is 9.52. The number of hydrogen-bond acceptors (Lipinski definition) is 3. The Bertz CT molecular complexity index is 545. The van der Waals surface area contributed by atoms with E-state index in [2.05, 4.69) is 0 Å². The first kappa shape index (κ1) is 12.5. The van der Waals surface area contributed by atoms with Crippen LogP contribution in [0.15, 0.2) is 30.3 Å². The molecule has 1 unspecified atom stereocenters. The molecule has 1 aromatic rings. The Morgan fingerprint density at radius 3 is 2.67 bits per heavy atom. The molecule has 92 valence electrons. The number of hydrogen-bond donors (Lipinski definition) is 1. The van der Waals surface area contributed by atoms with Gasteiger partial charge in [-0.15, -0.1) is 0 Å². The van der Waals surface area contributed by atoms with Crippen LogP contribution in [0, 0.1) is 16.7 Å². The predicted molar refractivity (Wildman–Crippen MR) is 67.2 cm³/mol. The molecule has 2 N–H and O–H groups in total. The van der Waals surface area contributed by atoms with Crippen LogP contribution >= 0.6 is 11.6 Å². The lowest BCUT2D eigenvalue weighted by Crippen LogP contribution is -2.37. The minimum atomic E-state index is -1.28. The number of rotatable bonds is 2. The molecule has 0 saturated heterocycles. The summed E-state index contributed by atoms with van der Waals surface area (Å²) in [7, 11) is 0. The average molecular weight is 263 g/mol. The van der Waals surface area contributed by atoms with Crippen molar-refractivity contribution < 1.29 is 9.53 Å². The summed E-state index contributed by atoms with van der Waals surface area (Å²) in [5.41, 5.74) is 4.77. The number of nitrogens with zero attached hydrogens (tertiary/aromatic N) is 1. The Kier molecular flexibility index (Phi) is 3.26. The molecule has 1 aliphatic heterocycles. The van der Waals surface area contributed by atoms with Gasteiger partial charge in [-0.1, -0.05) is 11.6 Å². The number of carbonyl (C=O) groups is 1. The number of benzene rings is 1. The fraction of sp³-hybridized carbons (Fsp3) is 0.231. The van der Waals surface area contributed by atoms with E-state index in [4.69, 9.17) is 27.3 Å². The lowest BCUT2D eigenvalue weighted by molar-refractivity contribution is -0.123. The number of nitrogens with two attached hydrogens (primary N) is 1. The Morgan fingerprint density at radius 2 is 2.11 bits per heavy atom. The minimum Gasteiger partial charge on any atom is -0.493 e. The van der Waals surface area contributed by atoms with Crippen LogP contribution in [0.3, 0.4) is 0 Å². The fourth-order valence-corrected chi connectivity index (χ4v) is 1.90. The van der Waals surface area contributed by atoms with Crippen LogP contribution in [0.4, 0.5) is 0 Å². The van der Waals surface area contributed by atoms with Crippen LogP contribution in [-0.2, 0) is 9.53 Å². The van der Waals surface area contributed by atoms with Gasteiger partial charge < -0.3 is 10.5 Å². The maximum Gasteiger partial charge on any atom is 0.242 e. The smallest absolute Gasteiger partial charge is 0.242 e. The van der Waals surface area contributed by atoms with Gasteiger partial charge in [-0.3, -0.25) is 4.79 Å². The Labute approximate surface area is 110 Å². The van der Waals surface area contributed by atoms with Crippen LogP contribution in [0.1, 0.15) is 12.0 Å². The standard InChI is InChI=1S/C13H11ClN2O2/c14-10-3-1-9(2-4-10)11-7-13(8-15,12(16)17)5-6-18-11/h1-4,7H,5-6H2,(H2,16,17). The summed E-state index contributed by atoms with van der Waals surface area (Å²) in [5, 5.41) is 9.76. The van der Waals surface area contributed by atoms with Crippen molar-refractivity contribution in [3.8, 4) is 6.07 Å². The summed E-state index contributed by atoms with van der Waals surface area (Å²) >= 11 is 5.80. The molecule has 5 heteroatoms. The molecule has 1 amide bonds. The van der Waals surface area contributed by atoms with Crippen molar-refractivity contribution >= 4 is 23.3 Å². The maximum absolute atomic E-state index is 11.4. The molecular weight excluding hydrogens is 252 g/mol. The van der Waals surface area contributed by atoms with Gasteiger partial charge in [0.05, 0.1) is 12.7 Å². The van der Waals surface area contributed by atoms with Gasteiger partial charge in [0.15, 0.2) is 5.41 Å². The summed E-state index contributed by atoms with van der Waals surface area (Å²) in [5.74, 6) is -0.168. The van der Waals surface area contributed by atoms with E-state index >= 15 is 0 Å². The van der Waals surface area contributed by atoms with E-state index in [9.17, 15) is 4.79 Å². The molecule has 4 nitrogen and oxygen atoms in total. The van der Waals surface area contributed by atoms with E-state index in [-0.39, 0.29) is 13.0 Å². The number of amides is 1. The maximum atomic E-state index is 11.4. The van der Waals surface area contributed by atoms with Gasteiger partial charge in [0.1, 0.15) is 5.76 Å². The first-order valence-electron chi connectivity index (χ1n) is 5.40. The Balaban J connectivity index is 2.42. The Hall–Kier alpha value is -1.99. The van der Waals surface area contributed by atoms with E-state index in [0.717, 1.165) is 5.56 Å². The molecule has 1 heterocycles. The molecule has 2 rings (SSSR count). The second-order valence-corrected chi connectivity index (χ2v) is 4.50. The third-order valence-corrected chi connectivity index (χ3v) is 3.15. The van der Waals surface area contributed by atoms with Crippen LogP contribution in [0.25, 0.3) is 5.76 Å². The van der Waals surface area contributed by atoms with Gasteiger partial charge in [-0.05, 0) is 30.3 Å². The molecule has 0 saturated carbocycles. The predicted octanol–water partition coefficient (Wildman–Crippen LogP) is 2.10. The number of nitriles is 1. The molecule has 0 fully saturated rings. The highest BCUT2D eigenvalue weighted by Crippen LogP contribution is 2.33. The van der Waals surface area contributed by atoms with E-state index < -0.39 is 11.3 Å². The van der Waals surface area contributed by atoms with E-state index in [1.807, 2.05) is 6.07 Å². The van der Waals surface area contributed by atoms with Gasteiger partial charge in [-0.25, -0.2) is 0 Å². The quantitative estimate of drug-likeness (QED) is 0.887. The molecule has 0 aliphatic carbocycles. The molecular formula is C13H11ClN2O2. The number of carbonyl (C=O) groups excluding carboxylic acids is 1.